The van der Waals surface area contributed by atoms with Crippen molar-refractivity contribution in [2.45, 2.75) is 34.6 Å². The average Bonchev–Trinajstić information content (AvgIpc) is 3.47. The Morgan fingerprint density at radius 3 is 2.34 bits per heavy atom. The van der Waals surface area contributed by atoms with Crippen molar-refractivity contribution in [2.24, 2.45) is 11.1 Å². The van der Waals surface area contributed by atoms with Crippen molar-refractivity contribution in [3.05, 3.63) is 103 Å². The minimum atomic E-state index is -3.92. The molecule has 3 atom stereocenters. The molecule has 2 aliphatic rings. The number of ether oxygens (including phenoxy) is 1. The number of aromatic nitrogens is 1. The zero-order valence-electron chi connectivity index (χ0n) is 24.4. The number of carbonyl (C=O) groups is 4. The molecular formula is C31H25BrN4O8S3. The Morgan fingerprint density at radius 1 is 1.00 bits per heavy atom. The van der Waals surface area contributed by atoms with Crippen molar-refractivity contribution in [1.82, 2.24) is 4.57 Å². The third kappa shape index (κ3) is 6.30. The molecule has 47 heavy (non-hydrogen) atoms. The first kappa shape index (κ1) is 32.8. The first-order valence-corrected chi connectivity index (χ1v) is 18.1. The number of halogens is 1. The topological polar surface area (TPSA) is 175 Å². The second kappa shape index (κ2) is 12.8. The van der Waals surface area contributed by atoms with Crippen LogP contribution < -0.4 is 20.2 Å². The minimum absolute atomic E-state index is 0.122. The van der Waals surface area contributed by atoms with Crippen LogP contribution in [0.3, 0.4) is 0 Å². The van der Waals surface area contributed by atoms with Crippen molar-refractivity contribution < 1.29 is 32.3 Å². The lowest BCUT2D eigenvalue weighted by atomic mass is 9.83. The summed E-state index contributed by atoms with van der Waals surface area (Å²) in [5, 5.41) is 7.29. The van der Waals surface area contributed by atoms with Crippen LogP contribution in [0.1, 0.15) is 33.6 Å². The first-order valence-electron chi connectivity index (χ1n) is 14.1. The summed E-state index contributed by atoms with van der Waals surface area (Å²) in [5.41, 5.74) is 1.58. The fourth-order valence-corrected chi connectivity index (χ4v) is 9.31. The third-order valence-corrected chi connectivity index (χ3v) is 11.7. The summed E-state index contributed by atoms with van der Waals surface area (Å²) in [6.07, 6.45) is 0. The van der Waals surface area contributed by atoms with Gasteiger partial charge in [-0.05, 0) is 73.2 Å². The zero-order chi connectivity index (χ0) is 33.6. The molecule has 3 aromatic carbocycles. The van der Waals surface area contributed by atoms with Crippen molar-refractivity contribution >= 4 is 84.1 Å². The molecule has 12 nitrogen and oxygen atoms in total. The fourth-order valence-electron chi connectivity index (χ4n) is 5.60. The number of amides is 3. The van der Waals surface area contributed by atoms with Gasteiger partial charge in [-0.1, -0.05) is 51.2 Å². The molecule has 6 rings (SSSR count). The van der Waals surface area contributed by atoms with Gasteiger partial charge in [-0.25, -0.2) is 23.3 Å². The predicted molar refractivity (Wildman–Crippen MR) is 179 cm³/mol. The van der Waals surface area contributed by atoms with E-state index < -0.39 is 62.2 Å². The number of benzene rings is 3. The molecule has 2 unspecified atom stereocenters. The van der Waals surface area contributed by atoms with Gasteiger partial charge in [-0.2, -0.15) is 0 Å². The third-order valence-electron chi connectivity index (χ3n) is 7.66. The molecule has 16 heteroatoms. The number of anilines is 2. The standard InChI is InChI=1S/C31H25BrN4O8S3/c1-2-44-30(40)16-6-10-20(11-7-16)36-27(38)24-23(17-4-3-5-18(32)14-17)26-29(45-25(24)28(36)39)35(31(41)46-26)15-22(37)34-19-8-12-21(13-9-19)47(33,42)43/h3-14,23-25H,2,15H2,1H3,(H,34,37)(H2,33,42,43)/t23-,24?,25?/m1/s1. The summed E-state index contributed by atoms with van der Waals surface area (Å²) >= 11 is 5.47. The van der Waals surface area contributed by atoms with Gasteiger partial charge in [0.05, 0.1) is 33.7 Å². The average molecular weight is 758 g/mol. The number of imide groups is 1. The molecule has 0 saturated carbocycles. The number of primary sulfonamides is 1. The highest BCUT2D eigenvalue weighted by atomic mass is 79.9. The highest BCUT2D eigenvalue weighted by Crippen LogP contribution is 2.54. The molecular weight excluding hydrogens is 732 g/mol. The van der Waals surface area contributed by atoms with Crippen molar-refractivity contribution in [3.63, 3.8) is 0 Å². The smallest absolute Gasteiger partial charge is 0.338 e. The largest absolute Gasteiger partial charge is 0.462 e. The maximum absolute atomic E-state index is 14.1. The first-order chi connectivity index (χ1) is 22.4. The van der Waals surface area contributed by atoms with Crippen molar-refractivity contribution in [2.75, 3.05) is 16.8 Å². The van der Waals surface area contributed by atoms with Crippen LogP contribution >= 0.6 is 39.0 Å². The lowest BCUT2D eigenvalue weighted by molar-refractivity contribution is -0.122. The molecule has 0 bridgehead atoms. The van der Waals surface area contributed by atoms with Crippen LogP contribution in [0.15, 0.2) is 92.0 Å². The van der Waals surface area contributed by atoms with E-state index in [1.807, 2.05) is 18.2 Å². The van der Waals surface area contributed by atoms with E-state index in [0.717, 1.165) is 32.5 Å². The van der Waals surface area contributed by atoms with Crippen molar-refractivity contribution in [1.29, 1.82) is 0 Å². The molecule has 3 heterocycles. The highest BCUT2D eigenvalue weighted by Gasteiger charge is 2.56. The Kier molecular flexibility index (Phi) is 8.97. The molecule has 2 aliphatic heterocycles. The summed E-state index contributed by atoms with van der Waals surface area (Å²) in [5.74, 6) is -3.53. The fraction of sp³-hybridized carbons (Fsp3) is 0.194. The molecule has 3 amide bonds. The number of hydrogen-bond donors (Lipinski definition) is 2. The van der Waals surface area contributed by atoms with Gasteiger partial charge in [0, 0.05) is 21.0 Å². The Labute approximate surface area is 285 Å². The Morgan fingerprint density at radius 2 is 1.70 bits per heavy atom. The van der Waals surface area contributed by atoms with Gasteiger partial charge in [0.15, 0.2) is 0 Å². The highest BCUT2D eigenvalue weighted by molar-refractivity contribution is 9.10. The number of sulfonamides is 1. The molecule has 0 radical (unpaired) electrons. The van der Waals surface area contributed by atoms with Gasteiger partial charge in [-0.3, -0.25) is 23.7 Å². The molecule has 4 aromatic rings. The van der Waals surface area contributed by atoms with E-state index in [1.54, 1.807) is 13.0 Å². The number of hydrogen-bond acceptors (Lipinski definition) is 10. The predicted octanol–water partition coefficient (Wildman–Crippen LogP) is 3.93. The molecule has 1 aromatic heterocycles. The van der Waals surface area contributed by atoms with Crippen molar-refractivity contribution in [3.8, 4) is 0 Å². The lowest BCUT2D eigenvalue weighted by Crippen LogP contribution is -2.33. The number of fused-ring (bicyclic) bond motifs is 2. The summed E-state index contributed by atoms with van der Waals surface area (Å²) in [7, 11) is -3.92. The zero-order valence-corrected chi connectivity index (χ0v) is 28.5. The van der Waals surface area contributed by atoms with Crippen LogP contribution in [0.4, 0.5) is 11.4 Å². The number of nitrogens with one attached hydrogen (secondary N) is 1. The summed E-state index contributed by atoms with van der Waals surface area (Å²) < 4.78 is 30.2. The van der Waals surface area contributed by atoms with E-state index in [9.17, 15) is 32.4 Å². The van der Waals surface area contributed by atoms with Gasteiger partial charge in [0.25, 0.3) is 0 Å². The second-order valence-electron chi connectivity index (χ2n) is 10.6. The van der Waals surface area contributed by atoms with Crippen LogP contribution in [0.5, 0.6) is 0 Å². The number of thioether (sulfide) groups is 1. The summed E-state index contributed by atoms with van der Waals surface area (Å²) in [4.78, 5) is 67.8. The van der Waals surface area contributed by atoms with Crippen LogP contribution in [0.2, 0.25) is 0 Å². The quantitative estimate of drug-likeness (QED) is 0.199. The molecule has 3 N–H and O–H groups in total. The Hall–Kier alpha value is -4.09. The van der Waals surface area contributed by atoms with E-state index in [1.165, 1.54) is 53.1 Å². The monoisotopic (exact) mass is 756 g/mol. The van der Waals surface area contributed by atoms with E-state index >= 15 is 0 Å². The Balaban J connectivity index is 1.34. The SMILES string of the molecule is CCOC(=O)c1ccc(N2C(=O)C3Sc4c(sc(=O)n4CC(=O)Nc4ccc(S(N)(=O)=O)cc4)[C@H](c4cccc(Br)c4)C3C2=O)cc1. The van der Waals surface area contributed by atoms with E-state index in [-0.39, 0.29) is 17.1 Å². The van der Waals surface area contributed by atoms with Crippen LogP contribution in [-0.2, 0) is 35.7 Å². The van der Waals surface area contributed by atoms with Crippen LogP contribution in [-0.4, -0.2) is 48.5 Å². The number of nitrogens with two attached hydrogens (primary N) is 1. The minimum Gasteiger partial charge on any atom is -0.462 e. The number of thiazole rings is 1. The van der Waals surface area contributed by atoms with E-state index in [0.29, 0.717) is 26.8 Å². The molecule has 242 valence electrons. The molecule has 1 fully saturated rings. The second-order valence-corrected chi connectivity index (χ2v) is 15.2. The van der Waals surface area contributed by atoms with Crippen LogP contribution in [0.25, 0.3) is 0 Å². The Bertz CT molecular complexity index is 2100. The van der Waals surface area contributed by atoms with Gasteiger partial charge >= 0.3 is 10.8 Å². The summed E-state index contributed by atoms with van der Waals surface area (Å²) in [6.45, 7) is 1.50. The number of carbonyl (C=O) groups excluding carboxylic acids is 4. The van der Waals surface area contributed by atoms with Crippen LogP contribution in [0, 0.1) is 5.92 Å². The van der Waals surface area contributed by atoms with Gasteiger partial charge < -0.3 is 10.1 Å². The molecule has 0 aliphatic carbocycles. The maximum Gasteiger partial charge on any atom is 0.338 e. The van der Waals surface area contributed by atoms with E-state index in [2.05, 4.69) is 21.2 Å². The maximum atomic E-state index is 14.1. The molecule has 1 saturated heterocycles. The van der Waals surface area contributed by atoms with Gasteiger partial charge in [0.1, 0.15) is 11.8 Å². The number of rotatable bonds is 8. The molecule has 0 spiro atoms. The normalized spacial score (nSPS) is 18.9. The number of nitrogens with zero attached hydrogens (tertiary/aromatic N) is 2. The van der Waals surface area contributed by atoms with E-state index in [4.69, 9.17) is 9.88 Å². The van der Waals surface area contributed by atoms with Gasteiger partial charge in [0.2, 0.25) is 27.7 Å². The lowest BCUT2D eigenvalue weighted by Gasteiger charge is -2.30. The summed E-state index contributed by atoms with van der Waals surface area (Å²) in [6, 6.07) is 18.6. The number of esters is 1. The van der Waals surface area contributed by atoms with Gasteiger partial charge in [-0.15, -0.1) is 0 Å².